The largest absolute Gasteiger partial charge is 0.465 e. The van der Waals surface area contributed by atoms with Crippen LogP contribution < -0.4 is 5.32 Å². The van der Waals surface area contributed by atoms with Crippen LogP contribution in [0.4, 0.5) is 9.93 Å². The number of carboxylic acid groups (broad SMARTS) is 1. The lowest BCUT2D eigenvalue weighted by molar-refractivity contribution is 0.209. The van der Waals surface area contributed by atoms with Crippen LogP contribution in [0.3, 0.4) is 0 Å². The Labute approximate surface area is 155 Å². The molecule has 8 nitrogen and oxygen atoms in total. The minimum atomic E-state index is -1.12. The van der Waals surface area contributed by atoms with E-state index < -0.39 is 6.09 Å². The number of amides is 1. The average molecular weight is 384 g/mol. The molecule has 1 aliphatic rings. The standard InChI is InChI=1S/C16H12N6O2S2/c23-16(24)18-14-17-11-4-3-9(7-12(11)26-14)25-15-20-19-13-6-5-10(8-1-2-8)21-22(13)15/h3-8H,1-2H2,(H,17,18)(H,23,24). The summed E-state index contributed by atoms with van der Waals surface area (Å²) in [4.78, 5) is 16.0. The highest BCUT2D eigenvalue weighted by molar-refractivity contribution is 7.99. The van der Waals surface area contributed by atoms with E-state index in [1.807, 2.05) is 30.3 Å². The van der Waals surface area contributed by atoms with Crippen molar-refractivity contribution in [1.82, 2.24) is 24.8 Å². The Balaban J connectivity index is 1.47. The molecular formula is C16H12N6O2S2. The summed E-state index contributed by atoms with van der Waals surface area (Å²) in [5.41, 5.74) is 2.56. The van der Waals surface area contributed by atoms with Gasteiger partial charge in [-0.1, -0.05) is 11.3 Å². The normalized spacial score (nSPS) is 14.2. The monoisotopic (exact) mass is 384 g/mol. The minimum Gasteiger partial charge on any atom is -0.465 e. The van der Waals surface area contributed by atoms with Crippen molar-refractivity contribution in [2.24, 2.45) is 0 Å². The molecule has 2 N–H and O–H groups in total. The SMILES string of the molecule is O=C(O)Nc1nc2ccc(Sc3nnc4ccc(C5CC5)nn34)cc2s1. The number of hydrogen-bond donors (Lipinski definition) is 2. The van der Waals surface area contributed by atoms with Gasteiger partial charge in [0.15, 0.2) is 10.8 Å². The van der Waals surface area contributed by atoms with Gasteiger partial charge in [-0.05, 0) is 54.9 Å². The van der Waals surface area contributed by atoms with Gasteiger partial charge < -0.3 is 5.11 Å². The molecular weight excluding hydrogens is 372 g/mol. The summed E-state index contributed by atoms with van der Waals surface area (Å²) in [5.74, 6) is 0.563. The van der Waals surface area contributed by atoms with Crippen molar-refractivity contribution in [2.75, 3.05) is 5.32 Å². The van der Waals surface area contributed by atoms with E-state index in [-0.39, 0.29) is 0 Å². The summed E-state index contributed by atoms with van der Waals surface area (Å²) in [6, 6.07) is 9.75. The highest BCUT2D eigenvalue weighted by atomic mass is 32.2. The molecule has 1 aromatic carbocycles. The number of nitrogens with one attached hydrogen (secondary N) is 1. The summed E-state index contributed by atoms with van der Waals surface area (Å²) in [6.07, 6.45) is 1.27. The van der Waals surface area contributed by atoms with E-state index in [0.717, 1.165) is 26.5 Å². The molecule has 0 unspecified atom stereocenters. The molecule has 3 aromatic heterocycles. The smallest absolute Gasteiger partial charge is 0.410 e. The van der Waals surface area contributed by atoms with Crippen molar-refractivity contribution < 1.29 is 9.90 Å². The number of rotatable bonds is 4. The van der Waals surface area contributed by atoms with Crippen LogP contribution in [-0.4, -0.2) is 36.0 Å². The van der Waals surface area contributed by atoms with Crippen LogP contribution in [0.1, 0.15) is 24.5 Å². The Hall–Kier alpha value is -2.72. The number of anilines is 1. The lowest BCUT2D eigenvalue weighted by Crippen LogP contribution is -2.06. The minimum absolute atomic E-state index is 0.360. The zero-order valence-electron chi connectivity index (χ0n) is 13.3. The van der Waals surface area contributed by atoms with Gasteiger partial charge in [0.05, 0.1) is 15.9 Å². The Kier molecular flexibility index (Phi) is 3.54. The Morgan fingerprint density at radius 1 is 1.27 bits per heavy atom. The molecule has 0 saturated heterocycles. The van der Waals surface area contributed by atoms with E-state index in [1.165, 1.54) is 35.9 Å². The fraction of sp³-hybridized carbons (Fsp3) is 0.188. The number of nitrogens with zero attached hydrogens (tertiary/aromatic N) is 5. The van der Waals surface area contributed by atoms with Gasteiger partial charge in [0.1, 0.15) is 0 Å². The summed E-state index contributed by atoms with van der Waals surface area (Å²) in [5, 5.41) is 25.3. The van der Waals surface area contributed by atoms with Crippen molar-refractivity contribution in [3.63, 3.8) is 0 Å². The first-order chi connectivity index (χ1) is 12.7. The molecule has 1 saturated carbocycles. The maximum absolute atomic E-state index is 10.8. The number of thiazole rings is 1. The predicted molar refractivity (Wildman–Crippen MR) is 98.1 cm³/mol. The first-order valence-electron chi connectivity index (χ1n) is 7.96. The van der Waals surface area contributed by atoms with Gasteiger partial charge in [-0.2, -0.15) is 9.61 Å². The van der Waals surface area contributed by atoms with Crippen LogP contribution in [0.15, 0.2) is 40.4 Å². The maximum Gasteiger partial charge on any atom is 0.410 e. The molecule has 0 spiro atoms. The quantitative estimate of drug-likeness (QED) is 0.550. The molecule has 5 rings (SSSR count). The van der Waals surface area contributed by atoms with E-state index in [4.69, 9.17) is 5.11 Å². The first-order valence-corrected chi connectivity index (χ1v) is 9.60. The number of hydrogen-bond acceptors (Lipinski definition) is 7. The van der Waals surface area contributed by atoms with Crippen LogP contribution in [0.2, 0.25) is 0 Å². The van der Waals surface area contributed by atoms with Crippen molar-refractivity contribution in [3.05, 3.63) is 36.0 Å². The second-order valence-corrected chi connectivity index (χ2v) is 8.04. The Morgan fingerprint density at radius 3 is 2.96 bits per heavy atom. The fourth-order valence-corrected chi connectivity index (χ4v) is 4.46. The molecule has 0 atom stereocenters. The van der Waals surface area contributed by atoms with E-state index in [9.17, 15) is 4.79 Å². The average Bonchev–Trinajstić information content (AvgIpc) is 3.28. The highest BCUT2D eigenvalue weighted by Crippen LogP contribution is 2.39. The van der Waals surface area contributed by atoms with Crippen LogP contribution in [-0.2, 0) is 0 Å². The highest BCUT2D eigenvalue weighted by Gasteiger charge is 2.26. The van der Waals surface area contributed by atoms with E-state index >= 15 is 0 Å². The van der Waals surface area contributed by atoms with Crippen LogP contribution >= 0.6 is 23.1 Å². The zero-order chi connectivity index (χ0) is 17.7. The number of aromatic nitrogens is 5. The van der Waals surface area contributed by atoms with Gasteiger partial charge in [-0.15, -0.1) is 10.2 Å². The Bertz CT molecular complexity index is 1150. The maximum atomic E-state index is 10.8. The Morgan fingerprint density at radius 2 is 2.15 bits per heavy atom. The molecule has 4 aromatic rings. The molecule has 130 valence electrons. The molecule has 0 bridgehead atoms. The second kappa shape index (κ2) is 5.92. The lowest BCUT2D eigenvalue weighted by atomic mass is 10.3. The molecule has 0 radical (unpaired) electrons. The van der Waals surface area contributed by atoms with E-state index in [0.29, 0.717) is 16.2 Å². The van der Waals surface area contributed by atoms with E-state index in [1.54, 1.807) is 4.52 Å². The van der Waals surface area contributed by atoms with Gasteiger partial charge in [0.25, 0.3) is 0 Å². The number of carbonyl (C=O) groups is 1. The van der Waals surface area contributed by atoms with Gasteiger partial charge in [0.2, 0.25) is 5.16 Å². The lowest BCUT2D eigenvalue weighted by Gasteiger charge is -2.01. The summed E-state index contributed by atoms with van der Waals surface area (Å²) in [6.45, 7) is 0. The fourth-order valence-electron chi connectivity index (χ4n) is 2.66. The van der Waals surface area contributed by atoms with Gasteiger partial charge >= 0.3 is 6.09 Å². The van der Waals surface area contributed by atoms with Crippen LogP contribution in [0.5, 0.6) is 0 Å². The van der Waals surface area contributed by atoms with Gasteiger partial charge in [-0.25, -0.2) is 9.78 Å². The summed E-state index contributed by atoms with van der Waals surface area (Å²) >= 11 is 2.77. The molecule has 10 heteroatoms. The third-order valence-corrected chi connectivity index (χ3v) is 5.89. The van der Waals surface area contributed by atoms with Crippen LogP contribution in [0, 0.1) is 0 Å². The van der Waals surface area contributed by atoms with Crippen LogP contribution in [0.25, 0.3) is 15.9 Å². The van der Waals surface area contributed by atoms with Crippen molar-refractivity contribution in [2.45, 2.75) is 28.8 Å². The van der Waals surface area contributed by atoms with Gasteiger partial charge in [0, 0.05) is 10.8 Å². The first kappa shape index (κ1) is 15.5. The molecule has 0 aliphatic heterocycles. The number of benzene rings is 1. The van der Waals surface area contributed by atoms with E-state index in [2.05, 4.69) is 25.6 Å². The molecule has 1 amide bonds. The van der Waals surface area contributed by atoms with Crippen molar-refractivity contribution >= 4 is 50.2 Å². The molecule has 1 fully saturated rings. The van der Waals surface area contributed by atoms with Gasteiger partial charge in [-0.3, -0.25) is 5.32 Å². The molecule has 3 heterocycles. The second-order valence-electron chi connectivity index (χ2n) is 5.97. The third-order valence-electron chi connectivity index (χ3n) is 4.03. The third kappa shape index (κ3) is 2.86. The summed E-state index contributed by atoms with van der Waals surface area (Å²) < 4.78 is 2.69. The van der Waals surface area contributed by atoms with Crippen molar-refractivity contribution in [3.8, 4) is 0 Å². The summed E-state index contributed by atoms with van der Waals surface area (Å²) in [7, 11) is 0. The predicted octanol–water partition coefficient (Wildman–Crippen LogP) is 3.85. The van der Waals surface area contributed by atoms with Crippen molar-refractivity contribution in [1.29, 1.82) is 0 Å². The zero-order valence-corrected chi connectivity index (χ0v) is 14.9. The topological polar surface area (TPSA) is 105 Å². The molecule has 26 heavy (non-hydrogen) atoms. The molecule has 1 aliphatic carbocycles. The number of fused-ring (bicyclic) bond motifs is 2.